The topological polar surface area (TPSA) is 36.4 Å². The molecular formula is C16H28N2OS. The van der Waals surface area contributed by atoms with Gasteiger partial charge in [-0.15, -0.1) is 11.3 Å². The van der Waals surface area contributed by atoms with Crippen LogP contribution in [0.15, 0.2) is 0 Å². The van der Waals surface area contributed by atoms with E-state index in [2.05, 4.69) is 30.7 Å². The molecule has 1 unspecified atom stereocenters. The van der Waals surface area contributed by atoms with Gasteiger partial charge in [-0.25, -0.2) is 4.98 Å². The Morgan fingerprint density at radius 3 is 2.30 bits per heavy atom. The normalized spacial score (nSPS) is 19.9. The Bertz CT molecular complexity index is 414. The number of rotatable bonds is 4. The minimum Gasteiger partial charge on any atom is -0.391 e. The smallest absolute Gasteiger partial charge is 0.0957 e. The first-order valence-corrected chi connectivity index (χ1v) is 8.59. The van der Waals surface area contributed by atoms with E-state index in [0.29, 0.717) is 6.42 Å². The molecule has 0 aliphatic carbocycles. The zero-order chi connectivity index (χ0) is 14.8. The van der Waals surface area contributed by atoms with Crippen LogP contribution >= 0.6 is 11.3 Å². The zero-order valence-corrected chi connectivity index (χ0v) is 14.1. The molecule has 2 rings (SSSR count). The molecule has 0 aromatic carbocycles. The fourth-order valence-electron chi connectivity index (χ4n) is 2.90. The van der Waals surface area contributed by atoms with Gasteiger partial charge in [-0.1, -0.05) is 12.8 Å². The summed E-state index contributed by atoms with van der Waals surface area (Å²) in [4.78, 5) is 8.30. The number of thiazole rings is 1. The van der Waals surface area contributed by atoms with Gasteiger partial charge in [0, 0.05) is 16.8 Å². The minimum atomic E-state index is -0.356. The maximum Gasteiger partial charge on any atom is 0.0957 e. The van der Waals surface area contributed by atoms with E-state index in [1.165, 1.54) is 30.6 Å². The standard InChI is InChI=1S/C16H28N2OS/c1-12-13(2)20-15(17-12)11-14(19)16(3,4)18-9-7-5-6-8-10-18/h14,19H,5-11H2,1-4H3. The summed E-state index contributed by atoms with van der Waals surface area (Å²) in [5.41, 5.74) is 0.933. The van der Waals surface area contributed by atoms with Crippen molar-refractivity contribution in [2.75, 3.05) is 13.1 Å². The fourth-order valence-corrected chi connectivity index (χ4v) is 3.87. The number of aliphatic hydroxyl groups is 1. The predicted octanol–water partition coefficient (Wildman–Crippen LogP) is 3.32. The molecule has 0 bridgehead atoms. The summed E-state index contributed by atoms with van der Waals surface area (Å²) in [6.07, 6.45) is 5.48. The molecule has 2 heterocycles. The van der Waals surface area contributed by atoms with Crippen molar-refractivity contribution >= 4 is 11.3 Å². The third-order valence-corrected chi connectivity index (χ3v) is 5.77. The molecule has 1 atom stereocenters. The highest BCUT2D eigenvalue weighted by atomic mass is 32.1. The summed E-state index contributed by atoms with van der Waals surface area (Å²) in [5, 5.41) is 11.8. The third kappa shape index (κ3) is 3.60. The third-order valence-electron chi connectivity index (χ3n) is 4.68. The Kier molecular flexibility index (Phi) is 5.21. The van der Waals surface area contributed by atoms with Crippen molar-refractivity contribution in [2.45, 2.75) is 71.4 Å². The highest BCUT2D eigenvalue weighted by Gasteiger charge is 2.35. The second-order valence-corrected chi connectivity index (χ2v) is 7.81. The monoisotopic (exact) mass is 296 g/mol. The summed E-state index contributed by atoms with van der Waals surface area (Å²) >= 11 is 1.72. The number of aromatic nitrogens is 1. The Morgan fingerprint density at radius 2 is 1.80 bits per heavy atom. The lowest BCUT2D eigenvalue weighted by molar-refractivity contribution is -0.00789. The number of nitrogens with zero attached hydrogens (tertiary/aromatic N) is 2. The molecule has 0 spiro atoms. The molecule has 1 fully saturated rings. The molecule has 1 aromatic rings. The Morgan fingerprint density at radius 1 is 1.20 bits per heavy atom. The number of hydrogen-bond donors (Lipinski definition) is 1. The van der Waals surface area contributed by atoms with Gasteiger partial charge in [-0.3, -0.25) is 4.90 Å². The summed E-state index contributed by atoms with van der Waals surface area (Å²) in [5.74, 6) is 0. The van der Waals surface area contributed by atoms with E-state index in [-0.39, 0.29) is 11.6 Å². The van der Waals surface area contributed by atoms with Crippen molar-refractivity contribution in [2.24, 2.45) is 0 Å². The molecule has 1 N–H and O–H groups in total. The molecule has 1 aliphatic heterocycles. The van der Waals surface area contributed by atoms with E-state index < -0.39 is 0 Å². The molecule has 1 saturated heterocycles. The Labute approximate surface area is 127 Å². The van der Waals surface area contributed by atoms with Crippen LogP contribution in [0.25, 0.3) is 0 Å². The first kappa shape index (κ1) is 15.9. The summed E-state index contributed by atoms with van der Waals surface area (Å²) in [6.45, 7) is 10.7. The number of aliphatic hydroxyl groups excluding tert-OH is 1. The first-order chi connectivity index (χ1) is 9.41. The second-order valence-electron chi connectivity index (χ2n) is 6.52. The summed E-state index contributed by atoms with van der Waals surface area (Å²) in [6, 6.07) is 0. The van der Waals surface area contributed by atoms with Crippen LogP contribution in [0.2, 0.25) is 0 Å². The molecule has 3 nitrogen and oxygen atoms in total. The lowest BCUT2D eigenvalue weighted by Crippen LogP contribution is -2.53. The minimum absolute atomic E-state index is 0.169. The van der Waals surface area contributed by atoms with Crippen LogP contribution in [-0.4, -0.2) is 39.7 Å². The number of aryl methyl sites for hydroxylation is 2. The summed E-state index contributed by atoms with van der Waals surface area (Å²) in [7, 11) is 0. The highest BCUT2D eigenvalue weighted by molar-refractivity contribution is 7.11. The average molecular weight is 296 g/mol. The molecule has 1 aromatic heterocycles. The maximum absolute atomic E-state index is 10.7. The van der Waals surface area contributed by atoms with Gasteiger partial charge in [-0.2, -0.15) is 0 Å². The molecule has 20 heavy (non-hydrogen) atoms. The van der Waals surface area contributed by atoms with Crippen LogP contribution in [0.3, 0.4) is 0 Å². The van der Waals surface area contributed by atoms with E-state index in [4.69, 9.17) is 0 Å². The largest absolute Gasteiger partial charge is 0.391 e. The summed E-state index contributed by atoms with van der Waals surface area (Å²) < 4.78 is 0. The van der Waals surface area contributed by atoms with Crippen molar-refractivity contribution in [3.05, 3.63) is 15.6 Å². The molecule has 0 amide bonds. The van der Waals surface area contributed by atoms with Gasteiger partial charge in [0.2, 0.25) is 0 Å². The zero-order valence-electron chi connectivity index (χ0n) is 13.3. The van der Waals surface area contributed by atoms with Crippen molar-refractivity contribution in [1.29, 1.82) is 0 Å². The van der Waals surface area contributed by atoms with Crippen molar-refractivity contribution in [3.63, 3.8) is 0 Å². The van der Waals surface area contributed by atoms with Crippen LogP contribution in [0.5, 0.6) is 0 Å². The molecular weight excluding hydrogens is 268 g/mol. The van der Waals surface area contributed by atoms with Crippen molar-refractivity contribution in [3.8, 4) is 0 Å². The van der Waals surface area contributed by atoms with Gasteiger partial charge < -0.3 is 5.11 Å². The van der Waals surface area contributed by atoms with Gasteiger partial charge in [0.1, 0.15) is 0 Å². The molecule has 4 heteroatoms. The van der Waals surface area contributed by atoms with Crippen LogP contribution in [0.1, 0.15) is 55.1 Å². The number of hydrogen-bond acceptors (Lipinski definition) is 4. The van der Waals surface area contributed by atoms with Crippen LogP contribution in [0.4, 0.5) is 0 Å². The average Bonchev–Trinajstić information content (AvgIpc) is 2.62. The van der Waals surface area contributed by atoms with Gasteiger partial charge in [0.05, 0.1) is 16.8 Å². The molecule has 0 radical (unpaired) electrons. The van der Waals surface area contributed by atoms with Gasteiger partial charge >= 0.3 is 0 Å². The lowest BCUT2D eigenvalue weighted by atomic mass is 9.92. The Balaban J connectivity index is 2.03. The van der Waals surface area contributed by atoms with Gasteiger partial charge in [0.25, 0.3) is 0 Å². The van der Waals surface area contributed by atoms with Crippen LogP contribution in [0, 0.1) is 13.8 Å². The van der Waals surface area contributed by atoms with Crippen molar-refractivity contribution < 1.29 is 5.11 Å². The lowest BCUT2D eigenvalue weighted by Gasteiger charge is -2.41. The van der Waals surface area contributed by atoms with Gasteiger partial charge in [0.15, 0.2) is 0 Å². The van der Waals surface area contributed by atoms with E-state index in [9.17, 15) is 5.11 Å². The van der Waals surface area contributed by atoms with E-state index >= 15 is 0 Å². The number of likely N-dealkylation sites (tertiary alicyclic amines) is 1. The molecule has 114 valence electrons. The SMILES string of the molecule is Cc1nc(CC(O)C(C)(C)N2CCCCCC2)sc1C. The molecule has 1 aliphatic rings. The molecule has 0 saturated carbocycles. The van der Waals surface area contributed by atoms with Crippen LogP contribution < -0.4 is 0 Å². The fraction of sp³-hybridized carbons (Fsp3) is 0.812. The Hall–Kier alpha value is -0.450. The van der Waals surface area contributed by atoms with Crippen molar-refractivity contribution in [1.82, 2.24) is 9.88 Å². The predicted molar refractivity (Wildman–Crippen MR) is 85.4 cm³/mol. The van der Waals surface area contributed by atoms with E-state index in [1.54, 1.807) is 11.3 Å². The second kappa shape index (κ2) is 6.54. The van der Waals surface area contributed by atoms with Gasteiger partial charge in [-0.05, 0) is 53.6 Å². The van der Waals surface area contributed by atoms with E-state index in [0.717, 1.165) is 23.8 Å². The highest BCUT2D eigenvalue weighted by Crippen LogP contribution is 2.27. The maximum atomic E-state index is 10.7. The quantitative estimate of drug-likeness (QED) is 0.926. The van der Waals surface area contributed by atoms with Crippen LogP contribution in [-0.2, 0) is 6.42 Å². The van der Waals surface area contributed by atoms with E-state index in [1.807, 2.05) is 6.92 Å². The first-order valence-electron chi connectivity index (χ1n) is 7.77.